The summed E-state index contributed by atoms with van der Waals surface area (Å²) in [4.78, 5) is 11.8. The van der Waals surface area contributed by atoms with E-state index in [2.05, 4.69) is 255 Å². The van der Waals surface area contributed by atoms with Gasteiger partial charge in [0.2, 0.25) is 3.23 Å². The molecule has 0 fully saturated rings. The van der Waals surface area contributed by atoms with Gasteiger partial charge < -0.3 is 5.11 Å². The predicted molar refractivity (Wildman–Crippen MR) is 173 cm³/mol. The molecular weight excluding hydrogens is 1420 g/mol. The molecule has 0 aromatic carbocycles. The zero-order valence-electron chi connectivity index (χ0n) is 11.5. The Balaban J connectivity index is 6.66. The van der Waals surface area contributed by atoms with Gasteiger partial charge in [0.25, 0.3) is 0 Å². The number of aliphatic carboxylic acids is 1. The molecule has 18 heteroatoms. The molecule has 0 aromatic rings. The Bertz CT molecular complexity index is 578. The van der Waals surface area contributed by atoms with E-state index in [4.69, 9.17) is 0 Å². The van der Waals surface area contributed by atoms with E-state index in [1.165, 1.54) is 0 Å². The lowest BCUT2D eigenvalue weighted by molar-refractivity contribution is -0.137. The van der Waals surface area contributed by atoms with Crippen LogP contribution < -0.4 is 0 Å². The highest BCUT2D eigenvalue weighted by Gasteiger charge is 2.77. The summed E-state index contributed by atoms with van der Waals surface area (Å²) in [7, 11) is 0. The lowest BCUT2D eigenvalue weighted by Crippen LogP contribution is -2.68. The molecule has 0 aliphatic rings. The number of rotatable bonds is 8. The van der Waals surface area contributed by atoms with Crippen molar-refractivity contribution in [3.63, 3.8) is 0 Å². The van der Waals surface area contributed by atoms with Crippen LogP contribution in [0.2, 0.25) is 0 Å². The van der Waals surface area contributed by atoms with Crippen molar-refractivity contribution in [1.29, 1.82) is 0 Å². The first-order valence-corrected chi connectivity index (χ1v) is 18.5. The first-order chi connectivity index (χ1) is 11.4. The molecule has 0 bridgehead atoms. The van der Waals surface area contributed by atoms with E-state index in [0.29, 0.717) is 0 Å². The zero-order valence-corrected chi connectivity index (χ0v) is 36.9. The van der Waals surface area contributed by atoms with E-state index in [-0.39, 0.29) is 3.74 Å². The molecule has 0 atom stereocenters. The van der Waals surface area contributed by atoms with Gasteiger partial charge in [-0.15, -0.1) is 0 Å². The van der Waals surface area contributed by atoms with Gasteiger partial charge in [-0.25, -0.2) is 4.79 Å². The number of halogens is 16. The van der Waals surface area contributed by atoms with Crippen molar-refractivity contribution in [2.75, 3.05) is 0 Å². The lowest BCUT2D eigenvalue weighted by atomic mass is 10.1. The largest absolute Gasteiger partial charge is 0.480 e. The van der Waals surface area contributed by atoms with Crippen LogP contribution >= 0.6 is 255 Å². The highest BCUT2D eigenvalue weighted by atomic mass is 79.9. The molecule has 0 saturated heterocycles. The number of carbonyl (C=O) groups is 1. The van der Waals surface area contributed by atoms with Gasteiger partial charge in [0.15, 0.2) is 0 Å². The minimum atomic E-state index is -1.64. The maximum absolute atomic E-state index is 11.8. The molecule has 0 saturated carbocycles. The summed E-state index contributed by atoms with van der Waals surface area (Å²) in [5.74, 6) is -1.18. The summed E-state index contributed by atoms with van der Waals surface area (Å²) in [6.45, 7) is 0. The second-order valence-electron chi connectivity index (χ2n) is 4.68. The Morgan fingerprint density at radius 2 is 0.815 bits per heavy atom. The van der Waals surface area contributed by atoms with Crippen LogP contribution in [0.5, 0.6) is 0 Å². The Morgan fingerprint density at radius 1 is 0.556 bits per heavy atom. The van der Waals surface area contributed by atoms with Gasteiger partial charge in [0.1, 0.15) is 19.4 Å². The highest BCUT2D eigenvalue weighted by Crippen LogP contribution is 2.76. The third-order valence-electron chi connectivity index (χ3n) is 2.93. The summed E-state index contributed by atoms with van der Waals surface area (Å²) >= 11 is 57.0. The molecule has 0 unspecified atom stereocenters. The number of carboxylic acid groups (broad SMARTS) is 1. The summed E-state index contributed by atoms with van der Waals surface area (Å²) in [6, 6.07) is 0. The van der Waals surface area contributed by atoms with E-state index in [1.807, 2.05) is 0 Å². The first kappa shape index (κ1) is 34.2. The second kappa shape index (κ2) is 11.3. The molecule has 0 aliphatic carbocycles. The van der Waals surface area contributed by atoms with Crippen molar-refractivity contribution >= 4 is 261 Å². The average molecular weight is 1420 g/mol. The normalized spacial score (nSPS) is 16.0. The van der Waals surface area contributed by atoms with Crippen LogP contribution in [0.4, 0.5) is 0 Å². The molecule has 0 rings (SSSR count). The summed E-state index contributed by atoms with van der Waals surface area (Å²) in [5, 5.41) is 9.68. The van der Waals surface area contributed by atoms with Gasteiger partial charge in [-0.3, -0.25) is 0 Å². The summed E-state index contributed by atoms with van der Waals surface area (Å²) < 4.78 is -8.61. The van der Waals surface area contributed by atoms with Gasteiger partial charge in [0.05, 0.1) is 3.74 Å². The Labute approximate surface area is 290 Å². The van der Waals surface area contributed by atoms with E-state index in [1.54, 1.807) is 0 Å². The number of hydrogen-bond donors (Lipinski definition) is 1. The fourth-order valence-electron chi connectivity index (χ4n) is 1.27. The SMILES string of the molecule is O=C(O)C(Br)(Br)C(Br)(Br)C(Br)(Br)C(Br)(Br)C(Br)(Br)C(Br)(Br)C(Br)(Br)C(Br)Br. The molecule has 0 aromatic heterocycles. The summed E-state index contributed by atoms with van der Waals surface area (Å²) in [6.07, 6.45) is 0. The maximum Gasteiger partial charge on any atom is 0.333 e. The summed E-state index contributed by atoms with van der Waals surface area (Å²) in [5.41, 5.74) is 0. The third kappa shape index (κ3) is 6.01. The minimum absolute atomic E-state index is 0.260. The molecular formula is C9H2Br16O2. The van der Waals surface area contributed by atoms with Crippen LogP contribution in [0.1, 0.15) is 0 Å². The molecule has 162 valence electrons. The number of hydrogen-bond acceptors (Lipinski definition) is 1. The quantitative estimate of drug-likeness (QED) is 0.246. The zero-order chi connectivity index (χ0) is 22.7. The molecule has 0 amide bonds. The second-order valence-corrected chi connectivity index (χ2v) is 32.0. The van der Waals surface area contributed by atoms with Crippen molar-refractivity contribution in [1.82, 2.24) is 0 Å². The predicted octanol–water partition coefficient (Wildman–Crippen LogP) is 11.6. The minimum Gasteiger partial charge on any atom is -0.480 e. The molecule has 0 aliphatic heterocycles. The van der Waals surface area contributed by atoms with Crippen LogP contribution in [0.3, 0.4) is 0 Å². The van der Waals surface area contributed by atoms with Gasteiger partial charge in [0, 0.05) is 0 Å². The Kier molecular flexibility index (Phi) is 14.2. The molecule has 0 heterocycles. The van der Waals surface area contributed by atoms with Crippen LogP contribution in [0, 0.1) is 0 Å². The van der Waals surface area contributed by atoms with Gasteiger partial charge in [-0.05, 0) is 0 Å². The Morgan fingerprint density at radius 3 is 1.07 bits per heavy atom. The van der Waals surface area contributed by atoms with Gasteiger partial charge in [-0.1, -0.05) is 255 Å². The standard InChI is InChI=1S/C9H2Br16O2/c10-1(11)3(12,13)5(16,17)7(20,21)9(24,25)8(22,23)6(18,19)4(14,15)2(26)27/h1H,(H,26,27). The van der Waals surface area contributed by atoms with E-state index in [0.717, 1.165) is 0 Å². The van der Waals surface area contributed by atoms with Crippen molar-refractivity contribution in [2.24, 2.45) is 0 Å². The van der Waals surface area contributed by atoms with Crippen LogP contribution in [0.15, 0.2) is 0 Å². The van der Waals surface area contributed by atoms with E-state index < -0.39 is 28.6 Å². The van der Waals surface area contributed by atoms with E-state index >= 15 is 0 Å². The highest BCUT2D eigenvalue weighted by molar-refractivity contribution is 9.37. The molecule has 0 radical (unpaired) electrons. The van der Waals surface area contributed by atoms with Crippen LogP contribution in [-0.4, -0.2) is 37.4 Å². The number of alkyl halides is 16. The topological polar surface area (TPSA) is 37.3 Å². The fraction of sp³-hybridized carbons (Fsp3) is 0.889. The van der Waals surface area contributed by atoms with Crippen molar-refractivity contribution in [3.8, 4) is 0 Å². The van der Waals surface area contributed by atoms with Crippen LogP contribution in [-0.2, 0) is 4.79 Å². The van der Waals surface area contributed by atoms with Crippen molar-refractivity contribution in [3.05, 3.63) is 0 Å². The molecule has 2 nitrogen and oxygen atoms in total. The van der Waals surface area contributed by atoms with Gasteiger partial charge >= 0.3 is 5.97 Å². The molecule has 0 spiro atoms. The Hall–Kier alpha value is 7.15. The van der Waals surface area contributed by atoms with Gasteiger partial charge in [-0.2, -0.15) is 0 Å². The first-order valence-electron chi connectivity index (χ1n) is 5.55. The smallest absolute Gasteiger partial charge is 0.333 e. The van der Waals surface area contributed by atoms with Crippen molar-refractivity contribution < 1.29 is 9.90 Å². The molecule has 27 heavy (non-hydrogen) atoms. The fourth-order valence-corrected chi connectivity index (χ4v) is 15.3. The van der Waals surface area contributed by atoms with Crippen LogP contribution in [0.25, 0.3) is 0 Å². The number of carboxylic acids is 1. The van der Waals surface area contributed by atoms with E-state index in [9.17, 15) is 9.90 Å². The third-order valence-corrected chi connectivity index (χ3v) is 35.5. The van der Waals surface area contributed by atoms with Crippen molar-refractivity contribution in [2.45, 2.75) is 26.4 Å². The molecule has 1 N–H and O–H groups in total. The monoisotopic (exact) mass is 1400 g/mol. The lowest BCUT2D eigenvalue weighted by Gasteiger charge is -2.56. The average Bonchev–Trinajstić information content (AvgIpc) is 2.45. The maximum atomic E-state index is 11.8.